The summed E-state index contributed by atoms with van der Waals surface area (Å²) in [6.45, 7) is 6.24. The minimum absolute atomic E-state index is 0.0286. The van der Waals surface area contributed by atoms with Crippen molar-refractivity contribution < 1.29 is 23.4 Å². The van der Waals surface area contributed by atoms with Gasteiger partial charge in [0.25, 0.3) is 0 Å². The molecule has 0 saturated carbocycles. The van der Waals surface area contributed by atoms with Gasteiger partial charge in [0.15, 0.2) is 17.2 Å². The molecule has 0 spiro atoms. The van der Waals surface area contributed by atoms with Gasteiger partial charge in [-0.3, -0.25) is 0 Å². The number of aliphatic imine (C=N–C) groups is 1. The maximum Gasteiger partial charge on any atom is 0.363 e. The van der Waals surface area contributed by atoms with Gasteiger partial charge >= 0.3 is 5.97 Å². The number of rotatable bonds is 7. The van der Waals surface area contributed by atoms with Crippen LogP contribution in [0.3, 0.4) is 0 Å². The molecular weight excluding hydrogens is 397 g/mol. The summed E-state index contributed by atoms with van der Waals surface area (Å²) in [4.78, 5) is 16.4. The van der Waals surface area contributed by atoms with Crippen LogP contribution in [0.1, 0.15) is 38.3 Å². The molecule has 7 heteroatoms. The Morgan fingerprint density at radius 2 is 2.07 bits per heavy atom. The van der Waals surface area contributed by atoms with E-state index in [9.17, 15) is 9.18 Å². The van der Waals surface area contributed by atoms with E-state index in [1.54, 1.807) is 18.2 Å². The number of benzene rings is 2. The molecule has 5 nitrogen and oxygen atoms in total. The van der Waals surface area contributed by atoms with E-state index in [4.69, 9.17) is 25.8 Å². The quantitative estimate of drug-likeness (QED) is 0.447. The van der Waals surface area contributed by atoms with Crippen molar-refractivity contribution >= 4 is 29.5 Å². The summed E-state index contributed by atoms with van der Waals surface area (Å²) >= 11 is 6.41. The lowest BCUT2D eigenvalue weighted by atomic mass is 10.1. The first-order chi connectivity index (χ1) is 13.9. The number of carbonyl (C=O) groups is 1. The average molecular weight is 418 g/mol. The second-order valence-corrected chi connectivity index (χ2v) is 6.85. The smallest absolute Gasteiger partial charge is 0.363 e. The minimum atomic E-state index is -0.627. The Kier molecular flexibility index (Phi) is 6.54. The van der Waals surface area contributed by atoms with Crippen molar-refractivity contribution in [3.63, 3.8) is 0 Å². The second kappa shape index (κ2) is 9.09. The average Bonchev–Trinajstić information content (AvgIpc) is 3.05. The molecule has 0 N–H and O–H groups in total. The molecule has 0 bridgehead atoms. The van der Waals surface area contributed by atoms with Crippen LogP contribution < -0.4 is 9.47 Å². The molecule has 1 aliphatic rings. The molecule has 0 aromatic heterocycles. The molecule has 2 aromatic rings. The van der Waals surface area contributed by atoms with Gasteiger partial charge in [-0.05, 0) is 62.2 Å². The lowest BCUT2D eigenvalue weighted by molar-refractivity contribution is -0.129. The zero-order valence-electron chi connectivity index (χ0n) is 16.4. The molecule has 152 valence electrons. The lowest BCUT2D eigenvalue weighted by Gasteiger charge is -2.18. The van der Waals surface area contributed by atoms with Gasteiger partial charge in [0.2, 0.25) is 5.90 Å². The van der Waals surface area contributed by atoms with E-state index in [0.717, 1.165) is 6.42 Å². The molecule has 1 atom stereocenters. The summed E-state index contributed by atoms with van der Waals surface area (Å²) in [5, 5.41) is 0.365. The van der Waals surface area contributed by atoms with Crippen LogP contribution in [0.15, 0.2) is 47.1 Å². The van der Waals surface area contributed by atoms with Crippen LogP contribution in [0.4, 0.5) is 4.39 Å². The van der Waals surface area contributed by atoms with Crippen LogP contribution in [0, 0.1) is 5.82 Å². The van der Waals surface area contributed by atoms with Gasteiger partial charge in [-0.2, -0.15) is 0 Å². The molecular formula is C22H21ClFNO4. The third-order valence-corrected chi connectivity index (χ3v) is 4.50. The van der Waals surface area contributed by atoms with Crippen LogP contribution >= 0.6 is 11.6 Å². The van der Waals surface area contributed by atoms with E-state index in [1.165, 1.54) is 24.3 Å². The maximum absolute atomic E-state index is 13.4. The summed E-state index contributed by atoms with van der Waals surface area (Å²) in [7, 11) is 0. The van der Waals surface area contributed by atoms with Crippen molar-refractivity contribution in [2.24, 2.45) is 4.99 Å². The van der Waals surface area contributed by atoms with Crippen LogP contribution in [0.2, 0.25) is 5.02 Å². The van der Waals surface area contributed by atoms with Crippen LogP contribution in [-0.4, -0.2) is 24.6 Å². The Hall–Kier alpha value is -2.86. The highest BCUT2D eigenvalue weighted by Crippen LogP contribution is 2.38. The molecule has 1 heterocycles. The van der Waals surface area contributed by atoms with E-state index >= 15 is 0 Å². The first kappa shape index (κ1) is 20.9. The van der Waals surface area contributed by atoms with Crippen LogP contribution in [0.25, 0.3) is 6.08 Å². The Morgan fingerprint density at radius 1 is 1.28 bits per heavy atom. The molecule has 2 aromatic carbocycles. The molecule has 3 rings (SSSR count). The lowest BCUT2D eigenvalue weighted by Crippen LogP contribution is -2.11. The van der Waals surface area contributed by atoms with E-state index in [1.807, 2.05) is 20.8 Å². The zero-order chi connectivity index (χ0) is 21.0. The van der Waals surface area contributed by atoms with E-state index in [2.05, 4.69) is 4.99 Å². The monoisotopic (exact) mass is 417 g/mol. The predicted molar refractivity (Wildman–Crippen MR) is 110 cm³/mol. The number of halogens is 2. The van der Waals surface area contributed by atoms with Crippen LogP contribution in [-0.2, 0) is 9.53 Å². The van der Waals surface area contributed by atoms with Crippen molar-refractivity contribution in [1.29, 1.82) is 0 Å². The molecule has 0 aliphatic carbocycles. The number of hydrogen-bond donors (Lipinski definition) is 0. The Bertz CT molecular complexity index is 987. The first-order valence-electron chi connectivity index (χ1n) is 9.32. The highest BCUT2D eigenvalue weighted by Gasteiger charge is 2.25. The Balaban J connectivity index is 1.95. The third-order valence-electron chi connectivity index (χ3n) is 4.22. The van der Waals surface area contributed by atoms with Crippen molar-refractivity contribution in [1.82, 2.24) is 0 Å². The van der Waals surface area contributed by atoms with Gasteiger partial charge in [0, 0.05) is 5.56 Å². The van der Waals surface area contributed by atoms with Gasteiger partial charge in [-0.1, -0.05) is 24.6 Å². The topological polar surface area (TPSA) is 57.1 Å². The van der Waals surface area contributed by atoms with Crippen molar-refractivity contribution in [2.75, 3.05) is 6.61 Å². The van der Waals surface area contributed by atoms with E-state index < -0.39 is 11.8 Å². The largest absolute Gasteiger partial charge is 0.490 e. The zero-order valence-corrected chi connectivity index (χ0v) is 17.1. The normalized spacial score (nSPS) is 15.8. The van der Waals surface area contributed by atoms with Gasteiger partial charge in [-0.25, -0.2) is 14.2 Å². The van der Waals surface area contributed by atoms with Crippen molar-refractivity contribution in [3.05, 3.63) is 64.1 Å². The number of ether oxygens (including phenoxy) is 3. The minimum Gasteiger partial charge on any atom is -0.490 e. The molecule has 0 amide bonds. The number of esters is 1. The fourth-order valence-corrected chi connectivity index (χ4v) is 2.91. The summed E-state index contributed by atoms with van der Waals surface area (Å²) < 4.78 is 30.1. The Labute approximate surface area is 173 Å². The molecule has 0 saturated heterocycles. The van der Waals surface area contributed by atoms with E-state index in [-0.39, 0.29) is 17.7 Å². The van der Waals surface area contributed by atoms with E-state index in [0.29, 0.717) is 34.3 Å². The van der Waals surface area contributed by atoms with Crippen molar-refractivity contribution in [2.45, 2.75) is 33.3 Å². The van der Waals surface area contributed by atoms with Crippen LogP contribution in [0.5, 0.6) is 11.5 Å². The van der Waals surface area contributed by atoms with Gasteiger partial charge in [0.1, 0.15) is 5.82 Å². The number of cyclic esters (lactones) is 1. The SMILES string of the molecule is CCOc1cc(/C=C2\N=C(c3cccc(F)c3)OC2=O)cc(Cl)c1OC(C)CC. The molecule has 29 heavy (non-hydrogen) atoms. The fourth-order valence-electron chi connectivity index (χ4n) is 2.65. The Morgan fingerprint density at radius 3 is 2.76 bits per heavy atom. The summed E-state index contributed by atoms with van der Waals surface area (Å²) in [5.74, 6) is -0.0774. The molecule has 0 fully saturated rings. The van der Waals surface area contributed by atoms with Crippen molar-refractivity contribution in [3.8, 4) is 11.5 Å². The fraction of sp³-hybridized carbons (Fsp3) is 0.273. The predicted octanol–water partition coefficient (Wildman–Crippen LogP) is 5.40. The second-order valence-electron chi connectivity index (χ2n) is 6.45. The highest BCUT2D eigenvalue weighted by molar-refractivity contribution is 6.32. The number of hydrogen-bond acceptors (Lipinski definition) is 5. The number of carbonyl (C=O) groups excluding carboxylic acids is 1. The standard InChI is InChI=1S/C22H21ClFNO4/c1-4-13(3)28-20-17(23)9-14(11-19(20)27-5-2)10-18-22(26)29-21(25-18)15-7-6-8-16(24)12-15/h6-13H,4-5H2,1-3H3/b18-10-. The van der Waals surface area contributed by atoms with Gasteiger partial charge < -0.3 is 14.2 Å². The molecule has 1 aliphatic heterocycles. The van der Waals surface area contributed by atoms with Gasteiger partial charge in [0.05, 0.1) is 17.7 Å². The summed E-state index contributed by atoms with van der Waals surface area (Å²) in [6.07, 6.45) is 2.33. The number of nitrogens with zero attached hydrogens (tertiary/aromatic N) is 1. The highest BCUT2D eigenvalue weighted by atomic mass is 35.5. The maximum atomic E-state index is 13.4. The molecule has 1 unspecified atom stereocenters. The first-order valence-corrected chi connectivity index (χ1v) is 9.70. The summed E-state index contributed by atoms with van der Waals surface area (Å²) in [5.41, 5.74) is 1.07. The third kappa shape index (κ3) is 4.95. The summed E-state index contributed by atoms with van der Waals surface area (Å²) in [6, 6.07) is 9.08. The van der Waals surface area contributed by atoms with Gasteiger partial charge in [-0.15, -0.1) is 0 Å². The molecule has 0 radical (unpaired) electrons.